The molecule has 0 saturated carbocycles. The third-order valence-electron chi connectivity index (χ3n) is 4.75. The van der Waals surface area contributed by atoms with Crippen LogP contribution in [0.4, 0.5) is 0 Å². The fraction of sp³-hybridized carbons (Fsp3) is 0.231. The number of carbonyl (C=O) groups is 4. The Morgan fingerprint density at radius 3 is 1.41 bits per heavy atom. The van der Waals surface area contributed by atoms with Crippen molar-refractivity contribution in [3.8, 4) is 0 Å². The molecule has 0 aliphatic heterocycles. The van der Waals surface area contributed by atoms with E-state index in [0.29, 0.717) is 22.3 Å². The predicted octanol–water partition coefficient (Wildman–Crippen LogP) is 6.04. The average molecular weight is 546 g/mol. The first-order valence-electron chi connectivity index (χ1n) is 10.5. The molecule has 0 heterocycles. The second-order valence-electron chi connectivity index (χ2n) is 8.03. The first-order chi connectivity index (χ1) is 16.0. The third kappa shape index (κ3) is 5.05. The summed E-state index contributed by atoms with van der Waals surface area (Å²) in [6.45, 7) is 7.17. The van der Waals surface area contributed by atoms with E-state index >= 15 is 0 Å². The zero-order valence-electron chi connectivity index (χ0n) is 19.0. The minimum atomic E-state index is -0.363. The average Bonchev–Trinajstić information content (AvgIpc) is 2.82. The van der Waals surface area contributed by atoms with Crippen molar-refractivity contribution in [1.29, 1.82) is 0 Å². The Hall–Kier alpha value is -3.03. The number of halogens is 2. The fourth-order valence-electron chi connectivity index (χ4n) is 3.33. The van der Waals surface area contributed by atoms with E-state index in [0.717, 1.165) is 0 Å². The lowest BCUT2D eigenvalue weighted by Crippen LogP contribution is -2.23. The lowest BCUT2D eigenvalue weighted by atomic mass is 9.93. The number of ether oxygens (including phenoxy) is 2. The van der Waals surface area contributed by atoms with Crippen molar-refractivity contribution < 1.29 is 28.7 Å². The zero-order valence-corrected chi connectivity index (χ0v) is 21.3. The number of Topliss-reactive ketones (excluding diaryl/α,β-unsaturated/α-hetero) is 4. The van der Waals surface area contributed by atoms with Crippen molar-refractivity contribution in [1.82, 2.24) is 0 Å². The van der Waals surface area contributed by atoms with Crippen LogP contribution >= 0.6 is 27.5 Å². The summed E-state index contributed by atoms with van der Waals surface area (Å²) in [6.07, 6.45) is -0.361. The molecule has 2 aromatic carbocycles. The van der Waals surface area contributed by atoms with Crippen LogP contribution in [0, 0.1) is 0 Å². The molecule has 0 fully saturated rings. The number of hydrogen-bond acceptors (Lipinski definition) is 6. The van der Waals surface area contributed by atoms with Gasteiger partial charge in [-0.2, -0.15) is 0 Å². The summed E-state index contributed by atoms with van der Waals surface area (Å²) in [5, 5.41) is -0.137. The number of rotatable bonds is 4. The molecule has 0 spiro atoms. The highest BCUT2D eigenvalue weighted by molar-refractivity contribution is 9.12. The summed E-state index contributed by atoms with van der Waals surface area (Å²) in [5.74, 6) is -1.11. The van der Waals surface area contributed by atoms with Crippen LogP contribution in [0.25, 0.3) is 0 Å². The Morgan fingerprint density at radius 2 is 0.971 bits per heavy atom. The molecule has 0 amide bonds. The second-order valence-corrected chi connectivity index (χ2v) is 9.20. The summed E-state index contributed by atoms with van der Waals surface area (Å²) in [7, 11) is 0. The smallest absolute Gasteiger partial charge is 0.230 e. The molecule has 2 aliphatic rings. The van der Waals surface area contributed by atoms with Gasteiger partial charge in [-0.25, -0.2) is 0 Å². The van der Waals surface area contributed by atoms with Crippen molar-refractivity contribution in [2.45, 2.75) is 39.9 Å². The first-order valence-corrected chi connectivity index (χ1v) is 11.7. The van der Waals surface area contributed by atoms with Crippen molar-refractivity contribution in [2.24, 2.45) is 0 Å². The number of carbonyl (C=O) groups excluding carboxylic acids is 4. The Bertz CT molecular complexity index is 1160. The van der Waals surface area contributed by atoms with E-state index in [-0.39, 0.29) is 56.4 Å². The summed E-state index contributed by atoms with van der Waals surface area (Å²) >= 11 is 9.03. The Labute approximate surface area is 210 Å². The van der Waals surface area contributed by atoms with Crippen LogP contribution in [0.2, 0.25) is 0 Å². The van der Waals surface area contributed by atoms with Gasteiger partial charge in [-0.1, -0.05) is 60.1 Å². The largest absolute Gasteiger partial charge is 0.486 e. The Morgan fingerprint density at radius 1 is 0.618 bits per heavy atom. The maximum atomic E-state index is 12.1. The van der Waals surface area contributed by atoms with Crippen LogP contribution in [0.5, 0.6) is 0 Å². The topological polar surface area (TPSA) is 86.7 Å². The van der Waals surface area contributed by atoms with Crippen LogP contribution in [-0.2, 0) is 9.47 Å². The summed E-state index contributed by atoms with van der Waals surface area (Å²) in [6, 6.07) is 13.3. The molecule has 34 heavy (non-hydrogen) atoms. The number of benzene rings is 2. The molecular formula is C26H22BrClO6. The highest BCUT2D eigenvalue weighted by atomic mass is 79.9. The molecule has 0 radical (unpaired) electrons. The zero-order chi connectivity index (χ0) is 25.2. The molecule has 4 rings (SSSR count). The molecule has 2 aromatic rings. The Kier molecular flexibility index (Phi) is 7.89. The van der Waals surface area contributed by atoms with Crippen LogP contribution < -0.4 is 0 Å². The molecule has 2 aliphatic carbocycles. The van der Waals surface area contributed by atoms with Crippen molar-refractivity contribution in [3.05, 3.63) is 91.8 Å². The maximum Gasteiger partial charge on any atom is 0.230 e. The van der Waals surface area contributed by atoms with Crippen LogP contribution in [0.3, 0.4) is 0 Å². The van der Waals surface area contributed by atoms with Crippen molar-refractivity contribution in [2.75, 3.05) is 0 Å². The van der Waals surface area contributed by atoms with Gasteiger partial charge in [0.2, 0.25) is 23.1 Å². The minimum Gasteiger partial charge on any atom is -0.486 e. The summed E-state index contributed by atoms with van der Waals surface area (Å²) in [5.41, 5.74) is 1.49. The highest BCUT2D eigenvalue weighted by Gasteiger charge is 2.33. The first kappa shape index (κ1) is 25.6. The minimum absolute atomic E-state index is 0.0506. The number of allylic oxidation sites excluding steroid dienone is 4. The van der Waals surface area contributed by atoms with E-state index in [9.17, 15) is 19.2 Å². The van der Waals surface area contributed by atoms with Crippen molar-refractivity contribution >= 4 is 50.7 Å². The number of fused-ring (bicyclic) bond motifs is 2. The molecule has 0 saturated heterocycles. The summed E-state index contributed by atoms with van der Waals surface area (Å²) in [4.78, 5) is 48.2. The van der Waals surface area contributed by atoms with E-state index < -0.39 is 0 Å². The monoisotopic (exact) mass is 544 g/mol. The highest BCUT2D eigenvalue weighted by Crippen LogP contribution is 2.31. The van der Waals surface area contributed by atoms with Gasteiger partial charge in [0.05, 0.1) is 12.2 Å². The molecular weight excluding hydrogens is 524 g/mol. The van der Waals surface area contributed by atoms with Crippen molar-refractivity contribution in [3.63, 3.8) is 0 Å². The van der Waals surface area contributed by atoms with Gasteiger partial charge in [0.25, 0.3) is 0 Å². The molecule has 0 bridgehead atoms. The second kappa shape index (κ2) is 10.5. The van der Waals surface area contributed by atoms with E-state index in [1.54, 1.807) is 62.4 Å². The maximum absolute atomic E-state index is 12.1. The molecule has 0 atom stereocenters. The van der Waals surface area contributed by atoms with Crippen LogP contribution in [0.1, 0.15) is 69.1 Å². The third-order valence-corrected chi connectivity index (χ3v) is 5.81. The summed E-state index contributed by atoms with van der Waals surface area (Å²) < 4.78 is 10.9. The van der Waals surface area contributed by atoms with E-state index in [1.807, 2.05) is 13.8 Å². The van der Waals surface area contributed by atoms with Gasteiger partial charge in [0.1, 0.15) is 9.51 Å². The van der Waals surface area contributed by atoms with Gasteiger partial charge in [0.15, 0.2) is 11.5 Å². The van der Waals surface area contributed by atoms with E-state index in [2.05, 4.69) is 15.9 Å². The van der Waals surface area contributed by atoms with Gasteiger partial charge in [0, 0.05) is 22.3 Å². The number of hydrogen-bond donors (Lipinski definition) is 0. The SMILES string of the molecule is CC(C)OC1=C(Br)C(=O)c2ccccc2C1=O.CC(C)OC1=C(Cl)C(=O)c2ccccc2C1=O. The quantitative estimate of drug-likeness (QED) is 0.466. The fourth-order valence-corrected chi connectivity index (χ4v) is 4.05. The van der Waals surface area contributed by atoms with E-state index in [4.69, 9.17) is 21.1 Å². The number of ketones is 4. The van der Waals surface area contributed by atoms with Gasteiger partial charge in [-0.05, 0) is 43.6 Å². The van der Waals surface area contributed by atoms with Gasteiger partial charge >= 0.3 is 0 Å². The van der Waals surface area contributed by atoms with E-state index in [1.165, 1.54) is 0 Å². The predicted molar refractivity (Wildman–Crippen MR) is 131 cm³/mol. The van der Waals surface area contributed by atoms with Gasteiger partial charge < -0.3 is 9.47 Å². The normalized spacial score (nSPS) is 15.3. The van der Waals surface area contributed by atoms with Gasteiger partial charge in [-0.15, -0.1) is 0 Å². The molecule has 8 heteroatoms. The van der Waals surface area contributed by atoms with Crippen LogP contribution in [-0.4, -0.2) is 35.3 Å². The molecule has 0 N–H and O–H groups in total. The Balaban J connectivity index is 0.000000191. The molecule has 0 unspecified atom stereocenters. The molecule has 6 nitrogen and oxygen atoms in total. The lowest BCUT2D eigenvalue weighted by Gasteiger charge is -2.19. The standard InChI is InChI=1S/C13H11BrO3.C13H11ClO3/c2*1-7(2)17-13-10(14)11(15)8-5-3-4-6-9(8)12(13)16/h2*3-7H,1-2H3. The lowest BCUT2D eigenvalue weighted by molar-refractivity contribution is 0.0806. The van der Waals surface area contributed by atoms with Gasteiger partial charge in [-0.3, -0.25) is 19.2 Å². The molecule has 0 aromatic heterocycles. The van der Waals surface area contributed by atoms with Crippen LogP contribution in [0.15, 0.2) is 69.6 Å². The molecule has 176 valence electrons.